The van der Waals surface area contributed by atoms with Crippen molar-refractivity contribution >= 4 is 78.8 Å². The number of rotatable bonds is 1. The van der Waals surface area contributed by atoms with E-state index >= 15 is 0 Å². The van der Waals surface area contributed by atoms with E-state index in [1.165, 1.54) is 76.6 Å². The van der Waals surface area contributed by atoms with Crippen LogP contribution < -0.4 is 25.4 Å². The van der Waals surface area contributed by atoms with Gasteiger partial charge >= 0.3 is 6.85 Å². The minimum absolute atomic E-state index is 0.0188. The van der Waals surface area contributed by atoms with E-state index in [-0.39, 0.29) is 6.85 Å². The maximum Gasteiger partial charge on any atom is 0.333 e. The Labute approximate surface area is 292 Å². The Morgan fingerprint density at radius 1 is 0.612 bits per heavy atom. The molecule has 0 saturated heterocycles. The van der Waals surface area contributed by atoms with Gasteiger partial charge in [-0.25, -0.2) is 0 Å². The van der Waals surface area contributed by atoms with Gasteiger partial charge in [0.2, 0.25) is 0 Å². The molecule has 11 rings (SSSR count). The van der Waals surface area contributed by atoms with Crippen LogP contribution >= 0.6 is 21.8 Å². The molecule has 0 bridgehead atoms. The molecule has 3 nitrogen and oxygen atoms in total. The molecule has 7 aromatic rings. The molecule has 6 heteroatoms. The van der Waals surface area contributed by atoms with E-state index in [2.05, 4.69) is 163 Å². The summed E-state index contributed by atoms with van der Waals surface area (Å²) in [5, 5.41) is 2.53. The van der Waals surface area contributed by atoms with Gasteiger partial charge in [-0.1, -0.05) is 90.6 Å². The highest BCUT2D eigenvalue weighted by atomic mass is 32.3. The Bertz CT molecular complexity index is 2600. The summed E-state index contributed by atoms with van der Waals surface area (Å²) < 4.78 is 6.65. The van der Waals surface area contributed by atoms with E-state index in [4.69, 9.17) is 4.74 Å². The third-order valence-corrected chi connectivity index (χ3v) is 14.8. The summed E-state index contributed by atoms with van der Waals surface area (Å²) in [6.07, 6.45) is 4.94. The summed E-state index contributed by atoms with van der Waals surface area (Å²) >= 11 is 1.80. The first-order valence-electron chi connectivity index (χ1n) is 16.8. The van der Waals surface area contributed by atoms with Crippen LogP contribution in [-0.4, -0.2) is 19.4 Å². The highest BCUT2D eigenvalue weighted by molar-refractivity contribution is 8.33. The van der Waals surface area contributed by atoms with Crippen molar-refractivity contribution in [2.75, 3.05) is 22.2 Å². The molecule has 4 heterocycles. The van der Waals surface area contributed by atoms with Gasteiger partial charge in [0.1, 0.15) is 11.5 Å². The van der Waals surface area contributed by atoms with E-state index in [9.17, 15) is 0 Å². The molecule has 0 N–H and O–H groups in total. The van der Waals surface area contributed by atoms with Crippen LogP contribution in [0.5, 0.6) is 11.5 Å². The Kier molecular flexibility index (Phi) is 5.56. The smallest absolute Gasteiger partial charge is 0.333 e. The molecular formula is C43H31BN2OS2. The van der Waals surface area contributed by atoms with E-state index < -0.39 is 10.0 Å². The topological polar surface area (TPSA) is 15.7 Å². The average molecular weight is 667 g/mol. The quantitative estimate of drug-likeness (QED) is 0.162. The number of anilines is 5. The van der Waals surface area contributed by atoms with Crippen molar-refractivity contribution < 1.29 is 4.74 Å². The highest BCUT2D eigenvalue weighted by Gasteiger charge is 2.49. The molecule has 49 heavy (non-hydrogen) atoms. The van der Waals surface area contributed by atoms with Crippen LogP contribution in [-0.2, 0) is 0 Å². The maximum absolute atomic E-state index is 6.65. The summed E-state index contributed by atoms with van der Waals surface area (Å²) in [5.41, 5.74) is 12.9. The minimum Gasteiger partial charge on any atom is -0.455 e. The molecule has 0 aliphatic carbocycles. The Morgan fingerprint density at radius 2 is 1.37 bits per heavy atom. The lowest BCUT2D eigenvalue weighted by Crippen LogP contribution is -2.62. The molecule has 0 unspecified atom stereocenters. The fraction of sp³-hybridized carbons (Fsp3) is 0.0698. The Hall–Kier alpha value is -5.04. The zero-order chi connectivity index (χ0) is 32.6. The Morgan fingerprint density at radius 3 is 2.27 bits per heavy atom. The van der Waals surface area contributed by atoms with Crippen LogP contribution in [0.15, 0.2) is 153 Å². The third-order valence-electron chi connectivity index (χ3n) is 10.8. The van der Waals surface area contributed by atoms with Crippen molar-refractivity contribution in [2.24, 2.45) is 0 Å². The van der Waals surface area contributed by atoms with Gasteiger partial charge in [-0.2, -0.15) is 10.0 Å². The number of hydrogen-bond acceptors (Lipinski definition) is 4. The van der Waals surface area contributed by atoms with Crippen LogP contribution in [0, 0.1) is 6.92 Å². The first kappa shape index (κ1) is 27.9. The van der Waals surface area contributed by atoms with Crippen molar-refractivity contribution in [3.05, 3.63) is 139 Å². The monoisotopic (exact) mass is 666 g/mol. The molecular weight excluding hydrogens is 635 g/mol. The second-order valence-corrected chi connectivity index (χ2v) is 18.4. The molecule has 4 aliphatic rings. The fourth-order valence-corrected chi connectivity index (χ4v) is 12.1. The Balaban J connectivity index is 1.31. The zero-order valence-corrected chi connectivity index (χ0v) is 29.0. The van der Waals surface area contributed by atoms with Crippen LogP contribution in [0.3, 0.4) is 0 Å². The molecule has 0 radical (unpaired) electrons. The van der Waals surface area contributed by atoms with Gasteiger partial charge in [-0.15, -0.1) is 0 Å². The van der Waals surface area contributed by atoms with Crippen molar-refractivity contribution in [3.63, 3.8) is 0 Å². The number of hydrogen-bond donors (Lipinski definition) is 0. The molecule has 4 aliphatic heterocycles. The van der Waals surface area contributed by atoms with E-state index in [0.29, 0.717) is 0 Å². The highest BCUT2D eigenvalue weighted by Crippen LogP contribution is 2.68. The van der Waals surface area contributed by atoms with Crippen LogP contribution in [0.25, 0.3) is 21.9 Å². The van der Waals surface area contributed by atoms with Crippen LogP contribution in [0.4, 0.5) is 28.4 Å². The molecule has 0 fully saturated rings. The normalized spacial score (nSPS) is 16.0. The SMILES string of the molecule is Cc1ccccc1N1B2c3cccc4c3N(c3ccccc3S4(C)C)c3c2c(cc2ccccc32)-c2cc3c(cc21)Sc1ccccc1O3. The predicted molar refractivity (Wildman–Crippen MR) is 209 cm³/mol. The van der Waals surface area contributed by atoms with E-state index in [1.54, 1.807) is 11.8 Å². The summed E-state index contributed by atoms with van der Waals surface area (Å²) in [7, 11) is -1.28. The van der Waals surface area contributed by atoms with Gasteiger partial charge in [-0.3, -0.25) is 0 Å². The van der Waals surface area contributed by atoms with Crippen molar-refractivity contribution in [2.45, 2.75) is 26.5 Å². The molecule has 0 saturated carbocycles. The minimum atomic E-state index is -1.28. The first-order valence-corrected chi connectivity index (χ1v) is 20.0. The van der Waals surface area contributed by atoms with Gasteiger partial charge < -0.3 is 14.4 Å². The second kappa shape index (κ2) is 9.78. The van der Waals surface area contributed by atoms with Crippen molar-refractivity contribution in [1.82, 2.24) is 0 Å². The van der Waals surface area contributed by atoms with E-state index in [0.717, 1.165) is 21.3 Å². The molecule has 0 spiro atoms. The third kappa shape index (κ3) is 3.63. The summed E-state index contributed by atoms with van der Waals surface area (Å²) in [4.78, 5) is 10.4. The molecule has 0 amide bonds. The number of para-hydroxylation sites is 4. The lowest BCUT2D eigenvalue weighted by molar-refractivity contribution is 0.455. The summed E-state index contributed by atoms with van der Waals surface area (Å²) in [6.45, 7) is 2.23. The molecule has 234 valence electrons. The van der Waals surface area contributed by atoms with Gasteiger partial charge in [0.15, 0.2) is 0 Å². The fourth-order valence-electron chi connectivity index (χ4n) is 8.69. The van der Waals surface area contributed by atoms with Crippen LogP contribution in [0.1, 0.15) is 5.56 Å². The lowest BCUT2D eigenvalue weighted by atomic mass is 9.43. The zero-order valence-electron chi connectivity index (χ0n) is 27.4. The van der Waals surface area contributed by atoms with Gasteiger partial charge in [0.05, 0.1) is 26.9 Å². The largest absolute Gasteiger partial charge is 0.455 e. The van der Waals surface area contributed by atoms with Gasteiger partial charge in [0, 0.05) is 32.1 Å². The average Bonchev–Trinajstić information content (AvgIpc) is 3.13. The number of ether oxygens (including phenoxy) is 1. The molecule has 0 atom stereocenters. The number of fused-ring (bicyclic) bond motifs is 10. The number of aryl methyl sites for hydroxylation is 1. The molecule has 0 aromatic heterocycles. The lowest BCUT2D eigenvalue weighted by Gasteiger charge is -2.52. The van der Waals surface area contributed by atoms with Gasteiger partial charge in [0.25, 0.3) is 0 Å². The summed E-state index contributed by atoms with van der Waals surface area (Å²) in [6, 6.07) is 49.6. The molecule has 7 aromatic carbocycles. The van der Waals surface area contributed by atoms with E-state index in [1.807, 2.05) is 0 Å². The standard InChI is InChI=1S/C43H31BN2OS2/c1-26-13-4-7-17-32(26)46-34-25-38-36(47-35-19-9-10-20-37(35)48-38)24-29(34)30-23-27-14-5-6-15-28(27)42-41(30)44(46)31-16-12-22-40-43(31)45(42)33-18-8-11-21-39(33)49(40,2)3/h4-25H,1-3H3. The summed E-state index contributed by atoms with van der Waals surface area (Å²) in [5.74, 6) is 1.83. The van der Waals surface area contributed by atoms with Crippen LogP contribution in [0.2, 0.25) is 0 Å². The number of nitrogens with zero attached hydrogens (tertiary/aromatic N) is 2. The second-order valence-electron chi connectivity index (χ2n) is 13.8. The maximum atomic E-state index is 6.65. The first-order chi connectivity index (χ1) is 24.0. The predicted octanol–water partition coefficient (Wildman–Crippen LogP) is 10.9. The number of benzene rings is 7. The van der Waals surface area contributed by atoms with Crippen molar-refractivity contribution in [1.29, 1.82) is 0 Å². The van der Waals surface area contributed by atoms with Gasteiger partial charge in [-0.05, 0) is 101 Å². The van der Waals surface area contributed by atoms with Crippen molar-refractivity contribution in [3.8, 4) is 22.6 Å².